The molecule has 2 aliphatic heterocycles. The van der Waals surface area contributed by atoms with Gasteiger partial charge in [-0.1, -0.05) is 54.8 Å². The number of aryl methyl sites for hydroxylation is 2. The van der Waals surface area contributed by atoms with E-state index in [1.165, 1.54) is 25.5 Å². The molecule has 53 heavy (non-hydrogen) atoms. The molecule has 5 N–H and O–H groups in total. The van der Waals surface area contributed by atoms with Gasteiger partial charge in [0.05, 0.1) is 11.4 Å². The van der Waals surface area contributed by atoms with Crippen molar-refractivity contribution in [2.24, 2.45) is 21.8 Å². The highest BCUT2D eigenvalue weighted by Crippen LogP contribution is 2.45. The van der Waals surface area contributed by atoms with E-state index < -0.39 is 57.1 Å². The maximum atomic E-state index is 13.7. The van der Waals surface area contributed by atoms with E-state index in [-0.39, 0.29) is 39.8 Å². The van der Waals surface area contributed by atoms with Crippen LogP contribution in [0.1, 0.15) is 95.8 Å². The van der Waals surface area contributed by atoms with Crippen molar-refractivity contribution < 1.29 is 46.8 Å². The van der Waals surface area contributed by atoms with Gasteiger partial charge in [0.1, 0.15) is 11.6 Å². The summed E-state index contributed by atoms with van der Waals surface area (Å²) in [6, 6.07) is 2.08. The quantitative estimate of drug-likeness (QED) is 0.0224. The number of nitrogens with two attached hydrogens (primary N) is 1. The van der Waals surface area contributed by atoms with Crippen LogP contribution in [0.2, 0.25) is 0 Å². The van der Waals surface area contributed by atoms with E-state index in [1.807, 2.05) is 20.8 Å². The third-order valence-electron chi connectivity index (χ3n) is 9.26. The first kappa shape index (κ1) is 40.7. The Labute approximate surface area is 309 Å². The Bertz CT molecular complexity index is 1980. The van der Waals surface area contributed by atoms with Gasteiger partial charge in [0.25, 0.3) is 11.8 Å². The number of allylic oxidation sites excluding steroid dienone is 3. The second kappa shape index (κ2) is 16.3. The number of β-lactam (4-membered cyclic amide) rings is 1. The molecular formula is C37H47N5O10S. The van der Waals surface area contributed by atoms with Gasteiger partial charge in [-0.25, -0.2) is 14.6 Å². The number of unbranched alkanes of at least 4 members (excludes halogenated alkanes) is 2. The maximum absolute atomic E-state index is 13.7. The summed E-state index contributed by atoms with van der Waals surface area (Å²) >= 11 is 0. The maximum Gasteiger partial charge on any atom is 0.366 e. The number of esters is 1. The Kier molecular flexibility index (Phi) is 12.5. The van der Waals surface area contributed by atoms with Gasteiger partial charge in [-0.2, -0.15) is 12.7 Å². The van der Waals surface area contributed by atoms with Crippen molar-refractivity contribution in [2.45, 2.75) is 104 Å². The van der Waals surface area contributed by atoms with Crippen LogP contribution in [0.5, 0.6) is 5.75 Å². The van der Waals surface area contributed by atoms with Crippen molar-refractivity contribution in [1.29, 1.82) is 0 Å². The number of nitrogens with zero attached hydrogens (tertiary/aromatic N) is 3. The summed E-state index contributed by atoms with van der Waals surface area (Å²) in [6.45, 7) is 14.6. The SMILES string of the molecule is C=C(C)[C@@H]1CCC(C)=C[C@H]1c1c(C)cc(CCCCC)cc1OC(=O)/C=C1\[C@H](NC(=O)/C(=N\OC(C)(C)C(=O)O)C2=CCC(N)=N2)C(=O)N1S(=O)(=O)O. The summed E-state index contributed by atoms with van der Waals surface area (Å²) in [7, 11) is -5.24. The van der Waals surface area contributed by atoms with Crippen LogP contribution in [-0.2, 0) is 40.7 Å². The second-order valence-corrected chi connectivity index (χ2v) is 15.3. The summed E-state index contributed by atoms with van der Waals surface area (Å²) in [5, 5.41) is 15.4. The zero-order valence-electron chi connectivity index (χ0n) is 30.8. The van der Waals surface area contributed by atoms with Crippen LogP contribution in [0, 0.1) is 12.8 Å². The molecule has 2 heterocycles. The van der Waals surface area contributed by atoms with Crippen molar-refractivity contribution in [1.82, 2.24) is 9.62 Å². The highest BCUT2D eigenvalue weighted by atomic mass is 32.2. The van der Waals surface area contributed by atoms with E-state index in [0.717, 1.165) is 60.8 Å². The van der Waals surface area contributed by atoms with Crippen molar-refractivity contribution in [3.8, 4) is 5.75 Å². The van der Waals surface area contributed by atoms with Gasteiger partial charge >= 0.3 is 22.2 Å². The predicted molar refractivity (Wildman–Crippen MR) is 197 cm³/mol. The molecule has 15 nitrogen and oxygen atoms in total. The summed E-state index contributed by atoms with van der Waals surface area (Å²) in [5.74, 6) is -4.67. The van der Waals surface area contributed by atoms with Crippen molar-refractivity contribution in [2.75, 3.05) is 0 Å². The molecule has 0 bridgehead atoms. The number of carbonyl (C=O) groups excluding carboxylic acids is 3. The fraction of sp³-hybridized carbons (Fsp3) is 0.459. The van der Waals surface area contributed by atoms with Crippen molar-refractivity contribution in [3.05, 3.63) is 76.2 Å². The van der Waals surface area contributed by atoms with E-state index in [0.29, 0.717) is 6.08 Å². The number of aliphatic imine (C=N–C) groups is 1. The minimum Gasteiger partial charge on any atom is -0.478 e. The van der Waals surface area contributed by atoms with Crippen LogP contribution >= 0.6 is 0 Å². The van der Waals surface area contributed by atoms with Crippen LogP contribution in [-0.4, -0.2) is 69.3 Å². The first-order chi connectivity index (χ1) is 24.7. The highest BCUT2D eigenvalue weighted by Gasteiger charge is 2.51. The molecule has 4 rings (SSSR count). The van der Waals surface area contributed by atoms with Crippen molar-refractivity contribution >= 4 is 45.6 Å². The van der Waals surface area contributed by atoms with E-state index in [2.05, 4.69) is 41.1 Å². The number of ether oxygens (including phenoxy) is 1. The standard InChI is InChI=1S/C37H47N5O10S/c1-8-9-10-11-23-17-22(5)31(25-16-21(4)12-13-24(25)20(2)3)28(18-23)51-30(43)19-27-33(35(45)42(27)53(48,49)50)40-34(44)32(26-14-15-29(38)39-26)41-52-37(6,7)36(46)47/h14,16-19,24-25,33H,2,8-13,15H2,1,3-7H3,(H2,38,39)(H,40,44)(H,46,47)(H,48,49,50)/b27-19+,41-32-/t24-,25+,33-/m0/s1. The predicted octanol–water partition coefficient (Wildman–Crippen LogP) is 4.54. The molecule has 0 spiro atoms. The third kappa shape index (κ3) is 9.48. The molecule has 1 saturated heterocycles. The molecule has 0 radical (unpaired) electrons. The Morgan fingerprint density at radius 1 is 1.23 bits per heavy atom. The number of benzene rings is 1. The Morgan fingerprint density at radius 3 is 2.51 bits per heavy atom. The van der Waals surface area contributed by atoms with Crippen LogP contribution < -0.4 is 15.8 Å². The number of amidine groups is 1. The molecular weight excluding hydrogens is 706 g/mol. The number of oxime groups is 1. The molecule has 2 amide bonds. The van der Waals surface area contributed by atoms with Crippen LogP contribution in [0.4, 0.5) is 0 Å². The topological polar surface area (TPSA) is 227 Å². The minimum atomic E-state index is -5.24. The lowest BCUT2D eigenvalue weighted by atomic mass is 9.73. The second-order valence-electron chi connectivity index (χ2n) is 14.0. The first-order valence-corrected chi connectivity index (χ1v) is 18.7. The molecule has 16 heteroatoms. The third-order valence-corrected chi connectivity index (χ3v) is 10.1. The van der Waals surface area contributed by atoms with Crippen molar-refractivity contribution in [3.63, 3.8) is 0 Å². The number of amides is 2. The Hall–Kier alpha value is -5.09. The van der Waals surface area contributed by atoms with Gasteiger partial charge < -0.3 is 25.7 Å². The number of carboxylic acid groups (broad SMARTS) is 1. The Balaban J connectivity index is 1.73. The zero-order chi connectivity index (χ0) is 39.4. The summed E-state index contributed by atoms with van der Waals surface area (Å²) in [6.07, 6.45) is 9.78. The monoisotopic (exact) mass is 753 g/mol. The lowest BCUT2D eigenvalue weighted by Crippen LogP contribution is -2.64. The molecule has 0 saturated carbocycles. The fourth-order valence-electron chi connectivity index (χ4n) is 6.38. The molecule has 0 aromatic heterocycles. The summed E-state index contributed by atoms with van der Waals surface area (Å²) in [5.41, 5.74) is 7.31. The smallest absolute Gasteiger partial charge is 0.366 e. The van der Waals surface area contributed by atoms with Gasteiger partial charge in [-0.3, -0.25) is 14.1 Å². The molecule has 3 aliphatic rings. The number of aliphatic carboxylic acids is 1. The summed E-state index contributed by atoms with van der Waals surface area (Å²) < 4.78 is 40.3. The molecule has 286 valence electrons. The minimum absolute atomic E-state index is 0.0390. The zero-order valence-corrected chi connectivity index (χ0v) is 31.6. The molecule has 1 fully saturated rings. The largest absolute Gasteiger partial charge is 0.478 e. The van der Waals surface area contributed by atoms with Gasteiger partial charge in [-0.05, 0) is 89.5 Å². The normalized spacial score (nSPS) is 21.3. The van der Waals surface area contributed by atoms with Crippen LogP contribution in [0.3, 0.4) is 0 Å². The van der Waals surface area contributed by atoms with Gasteiger partial charge in [0, 0.05) is 24.0 Å². The lowest BCUT2D eigenvalue weighted by molar-refractivity contribution is -0.161. The fourth-order valence-corrected chi connectivity index (χ4v) is 7.14. The summed E-state index contributed by atoms with van der Waals surface area (Å²) in [4.78, 5) is 60.9. The average Bonchev–Trinajstić information content (AvgIpc) is 3.48. The first-order valence-electron chi connectivity index (χ1n) is 17.3. The number of hydrogen-bond donors (Lipinski definition) is 4. The molecule has 1 aromatic carbocycles. The number of carboxylic acids is 1. The number of hydrogen-bond acceptors (Lipinski definition) is 11. The molecule has 1 aromatic rings. The Morgan fingerprint density at radius 2 is 1.92 bits per heavy atom. The van der Waals surface area contributed by atoms with Gasteiger partial charge in [-0.15, -0.1) is 0 Å². The van der Waals surface area contributed by atoms with E-state index in [1.54, 1.807) is 6.07 Å². The van der Waals surface area contributed by atoms with Gasteiger partial charge in [0.2, 0.25) is 5.60 Å². The van der Waals surface area contributed by atoms with E-state index in [9.17, 15) is 37.3 Å². The van der Waals surface area contributed by atoms with Crippen LogP contribution in [0.25, 0.3) is 0 Å². The number of nitrogens with one attached hydrogen (secondary N) is 1. The average molecular weight is 754 g/mol. The number of rotatable bonds is 15. The lowest BCUT2D eigenvalue weighted by Gasteiger charge is -2.38. The molecule has 1 aliphatic carbocycles. The highest BCUT2D eigenvalue weighted by molar-refractivity contribution is 7.84. The van der Waals surface area contributed by atoms with Crippen LogP contribution in [0.15, 0.2) is 69.6 Å². The molecule has 0 unspecified atom stereocenters. The van der Waals surface area contributed by atoms with Gasteiger partial charge in [0.15, 0.2) is 11.8 Å². The number of carbonyl (C=O) groups is 4. The molecule has 3 atom stereocenters. The van der Waals surface area contributed by atoms with E-state index >= 15 is 0 Å². The van der Waals surface area contributed by atoms with E-state index in [4.69, 9.17) is 15.3 Å².